The van der Waals surface area contributed by atoms with Crippen LogP contribution < -0.4 is 5.43 Å². The molecule has 0 spiro atoms. The van der Waals surface area contributed by atoms with E-state index >= 15 is 0 Å². The van der Waals surface area contributed by atoms with Crippen LogP contribution in [-0.2, 0) is 0 Å². The van der Waals surface area contributed by atoms with Gasteiger partial charge >= 0.3 is 0 Å². The van der Waals surface area contributed by atoms with Crippen molar-refractivity contribution in [2.45, 2.75) is 0 Å². The van der Waals surface area contributed by atoms with Crippen LogP contribution in [0.3, 0.4) is 0 Å². The number of aromatic amines is 1. The SMILES string of the molecule is N#CC(C#N)=NNc1ccc2nc(-c3cccnc3)[nH]c2c1. The maximum absolute atomic E-state index is 8.64. The average Bonchev–Trinajstić information content (AvgIpc) is 3.00. The number of imidazole rings is 1. The zero-order chi connectivity index (χ0) is 15.4. The predicted octanol–water partition coefficient (Wildman–Crippen LogP) is 2.44. The third-order valence-electron chi connectivity index (χ3n) is 2.93. The van der Waals surface area contributed by atoms with Crippen molar-refractivity contribution in [3.63, 3.8) is 0 Å². The number of rotatable bonds is 3. The molecule has 0 aliphatic heterocycles. The van der Waals surface area contributed by atoms with Gasteiger partial charge in [-0.15, -0.1) is 0 Å². The number of nitrogens with zero attached hydrogens (tertiary/aromatic N) is 5. The molecule has 22 heavy (non-hydrogen) atoms. The fourth-order valence-corrected chi connectivity index (χ4v) is 1.91. The molecule has 2 N–H and O–H groups in total. The molecule has 2 heterocycles. The summed E-state index contributed by atoms with van der Waals surface area (Å²) in [5.74, 6) is 0.721. The number of nitriles is 2. The van der Waals surface area contributed by atoms with E-state index in [0.717, 1.165) is 22.4 Å². The number of aromatic nitrogens is 3. The Morgan fingerprint density at radius 3 is 2.82 bits per heavy atom. The molecule has 0 amide bonds. The van der Waals surface area contributed by atoms with Gasteiger partial charge in [0, 0.05) is 18.0 Å². The Balaban J connectivity index is 1.93. The molecule has 7 nitrogen and oxygen atoms in total. The molecule has 3 rings (SSSR count). The first kappa shape index (κ1) is 13.3. The van der Waals surface area contributed by atoms with Gasteiger partial charge in [0.05, 0.1) is 16.7 Å². The molecule has 0 atom stereocenters. The first-order chi connectivity index (χ1) is 10.8. The van der Waals surface area contributed by atoms with Gasteiger partial charge in [-0.25, -0.2) is 4.98 Å². The maximum Gasteiger partial charge on any atom is 0.237 e. The summed E-state index contributed by atoms with van der Waals surface area (Å²) in [6, 6.07) is 12.5. The van der Waals surface area contributed by atoms with Crippen molar-refractivity contribution in [1.82, 2.24) is 15.0 Å². The highest BCUT2D eigenvalue weighted by Gasteiger charge is 2.06. The molecule has 0 saturated carbocycles. The van der Waals surface area contributed by atoms with Crippen molar-refractivity contribution in [2.24, 2.45) is 5.10 Å². The number of anilines is 1. The molecule has 2 aromatic heterocycles. The van der Waals surface area contributed by atoms with Crippen LogP contribution in [-0.4, -0.2) is 20.7 Å². The summed E-state index contributed by atoms with van der Waals surface area (Å²) in [7, 11) is 0. The van der Waals surface area contributed by atoms with Gasteiger partial charge in [0.1, 0.15) is 18.0 Å². The van der Waals surface area contributed by atoms with Gasteiger partial charge in [0.25, 0.3) is 0 Å². The van der Waals surface area contributed by atoms with E-state index in [1.165, 1.54) is 0 Å². The second kappa shape index (κ2) is 5.73. The number of hydrogen-bond acceptors (Lipinski definition) is 6. The van der Waals surface area contributed by atoms with Gasteiger partial charge in [-0.3, -0.25) is 10.4 Å². The smallest absolute Gasteiger partial charge is 0.237 e. The maximum atomic E-state index is 8.64. The van der Waals surface area contributed by atoms with Crippen molar-refractivity contribution in [2.75, 3.05) is 5.43 Å². The van der Waals surface area contributed by atoms with Crippen LogP contribution >= 0.6 is 0 Å². The highest BCUT2D eigenvalue weighted by atomic mass is 15.3. The third kappa shape index (κ3) is 2.60. The Hall–Kier alpha value is -3.71. The summed E-state index contributed by atoms with van der Waals surface area (Å²) in [4.78, 5) is 11.8. The van der Waals surface area contributed by atoms with E-state index < -0.39 is 0 Å². The lowest BCUT2D eigenvalue weighted by Gasteiger charge is -1.98. The van der Waals surface area contributed by atoms with E-state index in [2.05, 4.69) is 25.5 Å². The van der Waals surface area contributed by atoms with Crippen molar-refractivity contribution in [3.05, 3.63) is 42.7 Å². The van der Waals surface area contributed by atoms with E-state index in [4.69, 9.17) is 10.5 Å². The average molecular weight is 287 g/mol. The Morgan fingerprint density at radius 2 is 2.09 bits per heavy atom. The Morgan fingerprint density at radius 1 is 1.23 bits per heavy atom. The molecule has 0 aliphatic rings. The first-order valence-electron chi connectivity index (χ1n) is 6.34. The van der Waals surface area contributed by atoms with Gasteiger partial charge < -0.3 is 4.98 Å². The van der Waals surface area contributed by atoms with Crippen molar-refractivity contribution < 1.29 is 0 Å². The zero-order valence-corrected chi connectivity index (χ0v) is 11.3. The van der Waals surface area contributed by atoms with Crippen LogP contribution in [0.15, 0.2) is 47.8 Å². The fraction of sp³-hybridized carbons (Fsp3) is 0. The Labute approximate surface area is 125 Å². The number of benzene rings is 1. The summed E-state index contributed by atoms with van der Waals surface area (Å²) in [6.07, 6.45) is 3.43. The first-order valence-corrected chi connectivity index (χ1v) is 6.34. The van der Waals surface area contributed by atoms with Gasteiger partial charge in [0.2, 0.25) is 5.71 Å². The minimum atomic E-state index is -0.235. The number of pyridine rings is 1. The lowest BCUT2D eigenvalue weighted by Crippen LogP contribution is -1.96. The quantitative estimate of drug-likeness (QED) is 0.567. The summed E-state index contributed by atoms with van der Waals surface area (Å²) in [5.41, 5.74) is 5.59. The van der Waals surface area contributed by atoms with Crippen molar-refractivity contribution >= 4 is 22.4 Å². The second-order valence-electron chi connectivity index (χ2n) is 4.35. The van der Waals surface area contributed by atoms with Crippen molar-refractivity contribution in [3.8, 4) is 23.5 Å². The summed E-state index contributed by atoms with van der Waals surface area (Å²) < 4.78 is 0. The van der Waals surface area contributed by atoms with E-state index in [-0.39, 0.29) is 5.71 Å². The van der Waals surface area contributed by atoms with Gasteiger partial charge in [0.15, 0.2) is 0 Å². The molecule has 104 valence electrons. The molecule has 3 aromatic rings. The van der Waals surface area contributed by atoms with Crippen LogP contribution in [0.5, 0.6) is 0 Å². The standard InChI is InChI=1S/C15H9N7/c16-7-12(8-17)22-21-11-3-4-13-14(6-11)20-15(19-13)10-2-1-5-18-9-10/h1-6,9,21H,(H,19,20). The highest BCUT2D eigenvalue weighted by molar-refractivity contribution is 6.10. The molecule has 0 unspecified atom stereocenters. The summed E-state index contributed by atoms with van der Waals surface area (Å²) in [6.45, 7) is 0. The third-order valence-corrected chi connectivity index (χ3v) is 2.93. The fourth-order valence-electron chi connectivity index (χ4n) is 1.91. The van der Waals surface area contributed by atoms with Crippen LogP contribution in [0.4, 0.5) is 5.69 Å². The Bertz CT molecular complexity index is 910. The van der Waals surface area contributed by atoms with Crippen molar-refractivity contribution in [1.29, 1.82) is 10.5 Å². The zero-order valence-electron chi connectivity index (χ0n) is 11.3. The number of hydrazone groups is 1. The molecule has 0 aliphatic carbocycles. The number of fused-ring (bicyclic) bond motifs is 1. The number of H-pyrrole nitrogens is 1. The van der Waals surface area contributed by atoms with Crippen LogP contribution in [0.1, 0.15) is 0 Å². The lowest BCUT2D eigenvalue weighted by molar-refractivity contribution is 1.27. The number of nitrogens with one attached hydrogen (secondary N) is 2. The van der Waals surface area contributed by atoms with E-state index in [1.807, 2.05) is 18.2 Å². The minimum Gasteiger partial charge on any atom is -0.338 e. The largest absolute Gasteiger partial charge is 0.338 e. The molecule has 1 aromatic carbocycles. The summed E-state index contributed by atoms with van der Waals surface area (Å²) >= 11 is 0. The minimum absolute atomic E-state index is 0.235. The van der Waals surface area contributed by atoms with Crippen LogP contribution in [0.25, 0.3) is 22.4 Å². The monoisotopic (exact) mass is 287 g/mol. The molecular weight excluding hydrogens is 278 g/mol. The molecule has 0 bridgehead atoms. The molecule has 7 heteroatoms. The molecule has 0 saturated heterocycles. The highest BCUT2D eigenvalue weighted by Crippen LogP contribution is 2.22. The normalized spacial score (nSPS) is 9.73. The summed E-state index contributed by atoms with van der Waals surface area (Å²) in [5, 5.41) is 21.0. The van der Waals surface area contributed by atoms with Gasteiger partial charge in [-0.2, -0.15) is 15.6 Å². The second-order valence-corrected chi connectivity index (χ2v) is 4.35. The van der Waals surface area contributed by atoms with Crippen LogP contribution in [0.2, 0.25) is 0 Å². The van der Waals surface area contributed by atoms with E-state index in [0.29, 0.717) is 5.69 Å². The number of hydrogen-bond donors (Lipinski definition) is 2. The lowest BCUT2D eigenvalue weighted by atomic mass is 10.3. The molecule has 0 fully saturated rings. The predicted molar refractivity (Wildman–Crippen MR) is 81.6 cm³/mol. The topological polar surface area (TPSA) is 114 Å². The van der Waals surface area contributed by atoms with E-state index in [9.17, 15) is 0 Å². The van der Waals surface area contributed by atoms with Gasteiger partial charge in [-0.1, -0.05) is 0 Å². The van der Waals surface area contributed by atoms with E-state index in [1.54, 1.807) is 36.7 Å². The molecular formula is C15H9N7. The molecule has 0 radical (unpaired) electrons. The Kier molecular flexibility index (Phi) is 3.46. The van der Waals surface area contributed by atoms with Crippen LogP contribution in [0, 0.1) is 22.7 Å². The van der Waals surface area contributed by atoms with Gasteiger partial charge in [-0.05, 0) is 30.3 Å².